The first-order valence-electron chi connectivity index (χ1n) is 3.46. The number of thiophene rings is 1. The summed E-state index contributed by atoms with van der Waals surface area (Å²) in [5.74, 6) is 0. The van der Waals surface area contributed by atoms with Gasteiger partial charge in [-0.3, -0.25) is 0 Å². The van der Waals surface area contributed by atoms with E-state index in [1.165, 1.54) is 12.1 Å². The second kappa shape index (κ2) is 3.34. The average molecular weight is 250 g/mol. The summed E-state index contributed by atoms with van der Waals surface area (Å²) in [7, 11) is -3.60. The van der Waals surface area contributed by atoms with Crippen molar-refractivity contribution in [1.29, 1.82) is 0 Å². The summed E-state index contributed by atoms with van der Waals surface area (Å²) in [6.07, 6.45) is 2.29. The Morgan fingerprint density at radius 2 is 2.21 bits per heavy atom. The normalized spacial score (nSPS) is 11.8. The molecular formula is C6H4ClN3O2S2. The van der Waals surface area contributed by atoms with E-state index in [-0.39, 0.29) is 4.21 Å². The van der Waals surface area contributed by atoms with Crippen molar-refractivity contribution in [1.82, 2.24) is 14.2 Å². The fourth-order valence-corrected chi connectivity index (χ4v) is 3.45. The minimum absolute atomic E-state index is 0.146. The van der Waals surface area contributed by atoms with Crippen molar-refractivity contribution >= 4 is 33.0 Å². The number of nitrogens with zero attached hydrogens (tertiary/aromatic N) is 3. The molecule has 14 heavy (non-hydrogen) atoms. The maximum Gasteiger partial charge on any atom is 0.293 e. The van der Waals surface area contributed by atoms with Gasteiger partial charge < -0.3 is 0 Å². The van der Waals surface area contributed by atoms with Gasteiger partial charge >= 0.3 is 0 Å². The van der Waals surface area contributed by atoms with E-state index in [2.05, 4.69) is 10.1 Å². The van der Waals surface area contributed by atoms with E-state index in [1.807, 2.05) is 0 Å². The van der Waals surface area contributed by atoms with Crippen LogP contribution in [0, 0.1) is 0 Å². The number of hydrogen-bond acceptors (Lipinski definition) is 5. The molecule has 5 nitrogen and oxygen atoms in total. The van der Waals surface area contributed by atoms with Gasteiger partial charge in [0.25, 0.3) is 10.0 Å². The van der Waals surface area contributed by atoms with Gasteiger partial charge in [-0.2, -0.15) is 8.42 Å². The molecular weight excluding hydrogens is 246 g/mol. The third-order valence-corrected chi connectivity index (χ3v) is 4.68. The van der Waals surface area contributed by atoms with Gasteiger partial charge in [0.15, 0.2) is 0 Å². The SMILES string of the molecule is O=S(=O)(c1ccc(Cl)s1)n1cncn1. The maximum absolute atomic E-state index is 11.7. The predicted octanol–water partition coefficient (Wildman–Crippen LogP) is 1.23. The van der Waals surface area contributed by atoms with Crippen LogP contribution in [0.3, 0.4) is 0 Å². The zero-order valence-electron chi connectivity index (χ0n) is 6.66. The van der Waals surface area contributed by atoms with Crippen LogP contribution in [0.4, 0.5) is 0 Å². The summed E-state index contributed by atoms with van der Waals surface area (Å²) in [4.78, 5) is 3.57. The molecule has 0 aliphatic heterocycles. The second-order valence-electron chi connectivity index (χ2n) is 2.33. The van der Waals surface area contributed by atoms with Crippen LogP contribution in [-0.4, -0.2) is 22.6 Å². The average Bonchev–Trinajstić information content (AvgIpc) is 2.72. The van der Waals surface area contributed by atoms with Gasteiger partial charge in [0.1, 0.15) is 16.9 Å². The number of rotatable bonds is 2. The Kier molecular flexibility index (Phi) is 2.30. The molecule has 0 radical (unpaired) electrons. The minimum Gasteiger partial charge on any atom is -0.222 e. The molecule has 0 amide bonds. The lowest BCUT2D eigenvalue weighted by molar-refractivity contribution is 0.582. The molecule has 0 aliphatic rings. The maximum atomic E-state index is 11.7. The quantitative estimate of drug-likeness (QED) is 0.803. The van der Waals surface area contributed by atoms with Crippen LogP contribution in [0.1, 0.15) is 0 Å². The molecule has 74 valence electrons. The molecule has 0 unspecified atom stereocenters. The summed E-state index contributed by atoms with van der Waals surface area (Å²) in [6, 6.07) is 2.96. The highest BCUT2D eigenvalue weighted by Gasteiger charge is 2.19. The van der Waals surface area contributed by atoms with E-state index in [1.54, 1.807) is 0 Å². The first kappa shape index (κ1) is 9.63. The van der Waals surface area contributed by atoms with Crippen molar-refractivity contribution in [2.45, 2.75) is 4.21 Å². The molecule has 0 fully saturated rings. The largest absolute Gasteiger partial charge is 0.293 e. The Morgan fingerprint density at radius 1 is 1.43 bits per heavy atom. The molecule has 0 spiro atoms. The molecule has 0 atom stereocenters. The molecule has 2 aromatic heterocycles. The monoisotopic (exact) mass is 249 g/mol. The highest BCUT2D eigenvalue weighted by molar-refractivity contribution is 7.92. The van der Waals surface area contributed by atoms with Gasteiger partial charge in [-0.25, -0.2) is 4.98 Å². The van der Waals surface area contributed by atoms with Crippen molar-refractivity contribution in [2.24, 2.45) is 0 Å². The van der Waals surface area contributed by atoms with Gasteiger partial charge in [-0.15, -0.1) is 20.5 Å². The summed E-state index contributed by atoms with van der Waals surface area (Å²) >= 11 is 6.62. The Morgan fingerprint density at radius 3 is 2.71 bits per heavy atom. The van der Waals surface area contributed by atoms with Crippen molar-refractivity contribution in [2.75, 3.05) is 0 Å². The fourth-order valence-electron chi connectivity index (χ4n) is 0.850. The van der Waals surface area contributed by atoms with E-state index in [4.69, 9.17) is 11.6 Å². The highest BCUT2D eigenvalue weighted by Crippen LogP contribution is 2.26. The molecule has 2 heterocycles. The summed E-state index contributed by atoms with van der Waals surface area (Å²) in [5, 5.41) is 3.55. The number of aromatic nitrogens is 3. The van der Waals surface area contributed by atoms with Crippen LogP contribution < -0.4 is 0 Å². The summed E-state index contributed by atoms with van der Waals surface area (Å²) < 4.78 is 24.8. The zero-order valence-corrected chi connectivity index (χ0v) is 9.05. The number of halogens is 1. The molecule has 2 aromatic rings. The fraction of sp³-hybridized carbons (Fsp3) is 0. The second-order valence-corrected chi connectivity index (χ2v) is 6.07. The third-order valence-electron chi connectivity index (χ3n) is 1.45. The Hall–Kier alpha value is -0.920. The first-order valence-corrected chi connectivity index (χ1v) is 6.10. The molecule has 0 saturated heterocycles. The van der Waals surface area contributed by atoms with Gasteiger partial charge in [-0.1, -0.05) is 11.6 Å². The van der Waals surface area contributed by atoms with Crippen LogP contribution in [0.5, 0.6) is 0 Å². The molecule has 8 heteroatoms. The van der Waals surface area contributed by atoms with Crippen LogP contribution in [0.25, 0.3) is 0 Å². The molecule has 2 rings (SSSR count). The van der Waals surface area contributed by atoms with Gasteiger partial charge in [0.05, 0.1) is 4.34 Å². The van der Waals surface area contributed by atoms with E-state index < -0.39 is 10.0 Å². The highest BCUT2D eigenvalue weighted by atomic mass is 35.5. The van der Waals surface area contributed by atoms with E-state index >= 15 is 0 Å². The molecule has 0 bridgehead atoms. The Bertz CT molecular complexity index is 531. The standard InChI is InChI=1S/C6H4ClN3O2S2/c7-5-1-2-6(13-5)14(11,12)10-4-8-3-9-10/h1-4H. The van der Waals surface area contributed by atoms with Gasteiger partial charge in [0, 0.05) is 0 Å². The van der Waals surface area contributed by atoms with Crippen molar-refractivity contribution in [3.63, 3.8) is 0 Å². The van der Waals surface area contributed by atoms with E-state index in [0.717, 1.165) is 28.1 Å². The number of hydrogen-bond donors (Lipinski definition) is 0. The lowest BCUT2D eigenvalue weighted by Crippen LogP contribution is -2.11. The van der Waals surface area contributed by atoms with Crippen LogP contribution in [0.15, 0.2) is 29.0 Å². The van der Waals surface area contributed by atoms with Crippen molar-refractivity contribution in [3.8, 4) is 0 Å². The molecule has 0 saturated carbocycles. The third kappa shape index (κ3) is 1.54. The van der Waals surface area contributed by atoms with Crippen LogP contribution >= 0.6 is 22.9 Å². The van der Waals surface area contributed by atoms with Gasteiger partial charge in [0.2, 0.25) is 0 Å². The van der Waals surface area contributed by atoms with Crippen LogP contribution in [0.2, 0.25) is 4.34 Å². The van der Waals surface area contributed by atoms with E-state index in [9.17, 15) is 8.42 Å². The topological polar surface area (TPSA) is 64.8 Å². The lowest BCUT2D eigenvalue weighted by atomic mass is 10.7. The molecule has 0 aromatic carbocycles. The zero-order chi connectivity index (χ0) is 10.2. The molecule has 0 aliphatic carbocycles. The molecule has 0 N–H and O–H groups in total. The Labute approximate surface area is 89.0 Å². The lowest BCUT2D eigenvalue weighted by Gasteiger charge is -1.98. The van der Waals surface area contributed by atoms with Crippen molar-refractivity contribution < 1.29 is 8.42 Å². The first-order chi connectivity index (χ1) is 6.60. The predicted molar refractivity (Wildman–Crippen MR) is 51.9 cm³/mol. The summed E-state index contributed by atoms with van der Waals surface area (Å²) in [6.45, 7) is 0. The van der Waals surface area contributed by atoms with Crippen LogP contribution in [-0.2, 0) is 10.0 Å². The summed E-state index contributed by atoms with van der Waals surface area (Å²) in [5.41, 5.74) is 0. The van der Waals surface area contributed by atoms with Gasteiger partial charge in [-0.05, 0) is 12.1 Å². The Balaban J connectivity index is 2.54. The minimum atomic E-state index is -3.60. The van der Waals surface area contributed by atoms with E-state index in [0.29, 0.717) is 4.34 Å². The van der Waals surface area contributed by atoms with Crippen molar-refractivity contribution in [3.05, 3.63) is 29.1 Å². The smallest absolute Gasteiger partial charge is 0.222 e.